The maximum Gasteiger partial charge on any atom is 0.134 e. The van der Waals surface area contributed by atoms with Crippen molar-refractivity contribution in [3.8, 4) is 0 Å². The van der Waals surface area contributed by atoms with Gasteiger partial charge in [-0.15, -0.1) is 0 Å². The zero-order chi connectivity index (χ0) is 14.1. The predicted octanol–water partition coefficient (Wildman–Crippen LogP) is 2.88. The van der Waals surface area contributed by atoms with E-state index in [1.807, 2.05) is 24.9 Å². The molecule has 1 fully saturated rings. The number of thioether (sulfide) groups is 1. The van der Waals surface area contributed by atoms with Crippen molar-refractivity contribution in [2.75, 3.05) is 32.1 Å². The summed E-state index contributed by atoms with van der Waals surface area (Å²) >= 11 is 1.97. The van der Waals surface area contributed by atoms with Gasteiger partial charge in [0.15, 0.2) is 0 Å². The van der Waals surface area contributed by atoms with Crippen LogP contribution in [0.5, 0.6) is 0 Å². The normalized spacial score (nSPS) is 22.2. The minimum Gasteiger partial charge on any atom is -0.459 e. The lowest BCUT2D eigenvalue weighted by Crippen LogP contribution is -2.46. The van der Waals surface area contributed by atoms with Crippen LogP contribution in [0.2, 0.25) is 0 Å². The molecule has 1 aliphatic heterocycles. The molecule has 0 aliphatic carbocycles. The number of fused-ring (bicyclic) bond motifs is 1. The quantitative estimate of drug-likeness (QED) is 0.942. The Hall–Kier alpha value is -1.04. The molecule has 0 radical (unpaired) electrons. The van der Waals surface area contributed by atoms with Crippen molar-refractivity contribution in [1.29, 1.82) is 0 Å². The maximum atomic E-state index is 13.3. The van der Waals surface area contributed by atoms with E-state index in [4.69, 9.17) is 4.42 Å². The molecule has 20 heavy (non-hydrogen) atoms. The van der Waals surface area contributed by atoms with Gasteiger partial charge in [0.2, 0.25) is 0 Å². The predicted molar refractivity (Wildman–Crippen MR) is 81.7 cm³/mol. The molecule has 2 atom stereocenters. The van der Waals surface area contributed by atoms with Gasteiger partial charge in [-0.1, -0.05) is 0 Å². The van der Waals surface area contributed by atoms with Gasteiger partial charge >= 0.3 is 0 Å². The summed E-state index contributed by atoms with van der Waals surface area (Å²) < 4.78 is 19.2. The molecule has 3 rings (SSSR count). The molecule has 1 aliphatic rings. The molecule has 108 valence electrons. The third-order valence-electron chi connectivity index (χ3n) is 3.94. The maximum absolute atomic E-state index is 13.3. The molecule has 2 aromatic rings. The summed E-state index contributed by atoms with van der Waals surface area (Å²) in [5.41, 5.74) is 0.743. The largest absolute Gasteiger partial charge is 0.459 e. The number of hydrogen-bond acceptors (Lipinski definition) is 4. The van der Waals surface area contributed by atoms with Gasteiger partial charge < -0.3 is 9.73 Å². The van der Waals surface area contributed by atoms with Gasteiger partial charge in [-0.25, -0.2) is 4.39 Å². The van der Waals surface area contributed by atoms with Crippen molar-refractivity contribution in [2.45, 2.75) is 12.1 Å². The molecule has 1 saturated heterocycles. The van der Waals surface area contributed by atoms with E-state index < -0.39 is 0 Å². The van der Waals surface area contributed by atoms with Crippen LogP contribution >= 0.6 is 11.8 Å². The van der Waals surface area contributed by atoms with Gasteiger partial charge in [-0.3, -0.25) is 4.90 Å². The molecule has 0 amide bonds. The van der Waals surface area contributed by atoms with Crippen molar-refractivity contribution in [2.24, 2.45) is 0 Å². The van der Waals surface area contributed by atoms with Crippen LogP contribution in [0.25, 0.3) is 11.0 Å². The first-order valence-corrected chi connectivity index (χ1v) is 7.99. The van der Waals surface area contributed by atoms with Gasteiger partial charge in [0.05, 0.1) is 6.04 Å². The molecular formula is C15H19FN2OS. The summed E-state index contributed by atoms with van der Waals surface area (Å²) in [4.78, 5) is 2.37. The second-order valence-electron chi connectivity index (χ2n) is 5.22. The number of furan rings is 1. The molecule has 1 aromatic carbocycles. The molecule has 1 aromatic heterocycles. The fourth-order valence-electron chi connectivity index (χ4n) is 2.77. The summed E-state index contributed by atoms with van der Waals surface area (Å²) in [7, 11) is 4.10. The summed E-state index contributed by atoms with van der Waals surface area (Å²) in [6, 6.07) is 7.13. The number of rotatable bonds is 3. The topological polar surface area (TPSA) is 28.4 Å². The minimum absolute atomic E-state index is 0.128. The van der Waals surface area contributed by atoms with E-state index in [2.05, 4.69) is 17.3 Å². The molecule has 0 spiro atoms. The summed E-state index contributed by atoms with van der Waals surface area (Å²) in [6.07, 6.45) is 0. The Kier molecular flexibility index (Phi) is 4.01. The van der Waals surface area contributed by atoms with Crippen LogP contribution in [0, 0.1) is 5.82 Å². The number of likely N-dealkylation sites (N-methyl/N-ethyl adjacent to an activating group) is 2. The summed E-state index contributed by atoms with van der Waals surface area (Å²) in [5, 5.41) is 4.18. The molecular weight excluding hydrogens is 275 g/mol. The van der Waals surface area contributed by atoms with E-state index in [0.29, 0.717) is 6.04 Å². The van der Waals surface area contributed by atoms with Crippen LogP contribution in [0.15, 0.2) is 28.7 Å². The van der Waals surface area contributed by atoms with Crippen molar-refractivity contribution in [1.82, 2.24) is 10.2 Å². The standard InChI is InChI=1S/C15H19FN2OS/c1-17-15(12-9-20-6-5-18(12)2)14-8-10-7-11(16)3-4-13(10)19-14/h3-4,7-8,12,15,17H,5-6,9H2,1-2H3. The van der Waals surface area contributed by atoms with Crippen molar-refractivity contribution < 1.29 is 8.81 Å². The number of nitrogens with one attached hydrogen (secondary N) is 1. The molecule has 0 saturated carbocycles. The number of halogens is 1. The van der Waals surface area contributed by atoms with Crippen LogP contribution in [0.3, 0.4) is 0 Å². The van der Waals surface area contributed by atoms with Crippen LogP contribution in [-0.4, -0.2) is 43.1 Å². The SMILES string of the molecule is CNC(c1cc2cc(F)ccc2o1)C1CSCCN1C. The molecule has 3 nitrogen and oxygen atoms in total. The van der Waals surface area contributed by atoms with Gasteiger partial charge in [0.1, 0.15) is 17.2 Å². The van der Waals surface area contributed by atoms with Gasteiger partial charge in [-0.05, 0) is 38.4 Å². The van der Waals surface area contributed by atoms with E-state index in [-0.39, 0.29) is 11.9 Å². The second kappa shape index (κ2) is 5.76. The lowest BCUT2D eigenvalue weighted by Gasteiger charge is -2.36. The Balaban J connectivity index is 1.94. The van der Waals surface area contributed by atoms with E-state index >= 15 is 0 Å². The fourth-order valence-corrected chi connectivity index (χ4v) is 4.04. The average Bonchev–Trinajstić information content (AvgIpc) is 2.84. The molecule has 2 unspecified atom stereocenters. The molecule has 1 N–H and O–H groups in total. The van der Waals surface area contributed by atoms with E-state index in [9.17, 15) is 4.39 Å². The highest BCUT2D eigenvalue weighted by atomic mass is 32.2. The first kappa shape index (κ1) is 13.9. The minimum atomic E-state index is -0.226. The van der Waals surface area contributed by atoms with Gasteiger partial charge in [0, 0.05) is 29.5 Å². The fraction of sp³-hybridized carbons (Fsp3) is 0.467. The Morgan fingerprint density at radius 2 is 2.30 bits per heavy atom. The van der Waals surface area contributed by atoms with Gasteiger partial charge in [-0.2, -0.15) is 11.8 Å². The highest BCUT2D eigenvalue weighted by Crippen LogP contribution is 2.30. The van der Waals surface area contributed by atoms with Crippen molar-refractivity contribution in [3.63, 3.8) is 0 Å². The highest BCUT2D eigenvalue weighted by molar-refractivity contribution is 7.99. The first-order valence-electron chi connectivity index (χ1n) is 6.83. The Morgan fingerprint density at radius 3 is 3.05 bits per heavy atom. The van der Waals surface area contributed by atoms with E-state index in [1.54, 1.807) is 6.07 Å². The summed E-state index contributed by atoms with van der Waals surface area (Å²) in [6.45, 7) is 1.09. The van der Waals surface area contributed by atoms with E-state index in [1.165, 1.54) is 17.9 Å². The molecule has 5 heteroatoms. The summed E-state index contributed by atoms with van der Waals surface area (Å²) in [5.74, 6) is 2.91. The van der Waals surface area contributed by atoms with Crippen LogP contribution in [-0.2, 0) is 0 Å². The van der Waals surface area contributed by atoms with Crippen molar-refractivity contribution >= 4 is 22.7 Å². The van der Waals surface area contributed by atoms with Gasteiger partial charge in [0.25, 0.3) is 0 Å². The number of hydrogen-bond donors (Lipinski definition) is 1. The third kappa shape index (κ3) is 2.57. The second-order valence-corrected chi connectivity index (χ2v) is 6.37. The number of nitrogens with zero attached hydrogens (tertiary/aromatic N) is 1. The smallest absolute Gasteiger partial charge is 0.134 e. The Morgan fingerprint density at radius 1 is 1.45 bits per heavy atom. The lowest BCUT2D eigenvalue weighted by atomic mass is 10.1. The first-order chi connectivity index (χ1) is 9.69. The average molecular weight is 294 g/mol. The van der Waals surface area contributed by atoms with Crippen molar-refractivity contribution in [3.05, 3.63) is 35.8 Å². The van der Waals surface area contributed by atoms with Crippen LogP contribution < -0.4 is 5.32 Å². The Labute approximate surface area is 122 Å². The lowest BCUT2D eigenvalue weighted by molar-refractivity contribution is 0.207. The zero-order valence-corrected chi connectivity index (χ0v) is 12.5. The molecule has 0 bridgehead atoms. The molecule has 2 heterocycles. The highest BCUT2D eigenvalue weighted by Gasteiger charge is 2.30. The monoisotopic (exact) mass is 294 g/mol. The van der Waals surface area contributed by atoms with E-state index in [0.717, 1.165) is 29.0 Å². The third-order valence-corrected chi connectivity index (χ3v) is 4.99. The number of benzene rings is 1. The van der Waals surface area contributed by atoms with Crippen LogP contribution in [0.1, 0.15) is 11.8 Å². The zero-order valence-electron chi connectivity index (χ0n) is 11.7. The Bertz CT molecular complexity index is 601. The van der Waals surface area contributed by atoms with Crippen LogP contribution in [0.4, 0.5) is 4.39 Å².